The third-order valence-electron chi connectivity index (χ3n) is 4.76. The molecule has 2 aliphatic heterocycles. The van der Waals surface area contributed by atoms with E-state index in [1.54, 1.807) is 12.4 Å². The molecule has 0 spiro atoms. The van der Waals surface area contributed by atoms with Crippen LogP contribution in [0.3, 0.4) is 0 Å². The van der Waals surface area contributed by atoms with Gasteiger partial charge in [-0.1, -0.05) is 0 Å². The highest BCUT2D eigenvalue weighted by atomic mass is 19.4. The highest BCUT2D eigenvalue weighted by Crippen LogP contribution is 2.34. The number of hydrogen-bond acceptors (Lipinski definition) is 4. The number of hydrogen-bond donors (Lipinski definition) is 1. The zero-order chi connectivity index (χ0) is 18.9. The van der Waals surface area contributed by atoms with Gasteiger partial charge in [0.05, 0.1) is 5.92 Å². The van der Waals surface area contributed by atoms with Gasteiger partial charge < -0.3 is 19.5 Å². The first kappa shape index (κ1) is 18.7. The lowest BCUT2D eigenvalue weighted by Crippen LogP contribution is -2.46. The largest absolute Gasteiger partial charge is 0.406 e. The first-order valence-electron chi connectivity index (χ1n) is 8.58. The number of amides is 2. The molecule has 0 saturated carbocycles. The van der Waals surface area contributed by atoms with Crippen LogP contribution >= 0.6 is 0 Å². The second-order valence-corrected chi connectivity index (χ2v) is 6.48. The van der Waals surface area contributed by atoms with E-state index in [1.165, 1.54) is 0 Å². The molecule has 0 radical (unpaired) electrons. The molecule has 2 saturated heterocycles. The molecule has 10 heteroatoms. The van der Waals surface area contributed by atoms with Crippen molar-refractivity contribution in [3.8, 4) is 0 Å². The van der Waals surface area contributed by atoms with Crippen molar-refractivity contribution < 1.29 is 27.5 Å². The number of ether oxygens (including phenoxy) is 1. The van der Waals surface area contributed by atoms with Gasteiger partial charge in [-0.3, -0.25) is 9.59 Å². The number of halogens is 3. The molecule has 1 N–H and O–H groups in total. The summed E-state index contributed by atoms with van der Waals surface area (Å²) < 4.78 is 45.0. The van der Waals surface area contributed by atoms with Crippen LogP contribution in [0.4, 0.5) is 13.2 Å². The Hall–Kier alpha value is -2.10. The van der Waals surface area contributed by atoms with Crippen LogP contribution in [0.25, 0.3) is 0 Å². The Morgan fingerprint density at radius 3 is 2.88 bits per heavy atom. The van der Waals surface area contributed by atoms with E-state index in [0.717, 1.165) is 4.90 Å². The molecule has 3 atom stereocenters. The summed E-state index contributed by atoms with van der Waals surface area (Å²) in [5.74, 6) is -0.958. The van der Waals surface area contributed by atoms with Gasteiger partial charge in [0, 0.05) is 32.1 Å². The lowest BCUT2D eigenvalue weighted by Gasteiger charge is -2.21. The summed E-state index contributed by atoms with van der Waals surface area (Å²) in [5, 5.41) is 2.60. The first-order valence-corrected chi connectivity index (χ1v) is 8.58. The van der Waals surface area contributed by atoms with E-state index in [-0.39, 0.29) is 18.9 Å². The standard InChI is InChI=1S/C16H21F3N4O3/c1-2-22-7-5-20-13(22)12-10(4-8-26-12)14(24)21-11-3-6-23(15(11)25)9-16(17,18)19/h5,7,10-12H,2-4,6,8-9H2,1H3,(H,21,24)/t10-,11?,12-/m1/s1. The maximum atomic E-state index is 12.6. The quantitative estimate of drug-likeness (QED) is 0.842. The zero-order valence-electron chi connectivity index (χ0n) is 14.3. The van der Waals surface area contributed by atoms with Crippen molar-refractivity contribution in [2.75, 3.05) is 19.7 Å². The molecule has 3 rings (SSSR count). The number of imidazole rings is 1. The summed E-state index contributed by atoms with van der Waals surface area (Å²) in [4.78, 5) is 29.7. The minimum Gasteiger partial charge on any atom is -0.369 e. The fraction of sp³-hybridized carbons (Fsp3) is 0.688. The molecule has 3 heterocycles. The Labute approximate surface area is 148 Å². The number of likely N-dealkylation sites (tertiary alicyclic amines) is 1. The number of aryl methyl sites for hydroxylation is 1. The van der Waals surface area contributed by atoms with E-state index in [0.29, 0.717) is 25.4 Å². The normalized spacial score (nSPS) is 26.5. The minimum atomic E-state index is -4.45. The number of nitrogens with zero attached hydrogens (tertiary/aromatic N) is 3. The van der Waals surface area contributed by atoms with Crippen LogP contribution in [0, 0.1) is 5.92 Å². The topological polar surface area (TPSA) is 76.5 Å². The van der Waals surface area contributed by atoms with Crippen LogP contribution in [0.5, 0.6) is 0 Å². The second kappa shape index (κ2) is 7.26. The molecule has 0 aliphatic carbocycles. The molecular weight excluding hydrogens is 353 g/mol. The summed E-state index contributed by atoms with van der Waals surface area (Å²) in [7, 11) is 0. The average Bonchev–Trinajstić information content (AvgIpc) is 3.28. The van der Waals surface area contributed by atoms with E-state index in [9.17, 15) is 22.8 Å². The molecule has 1 aromatic rings. The number of carbonyl (C=O) groups excluding carboxylic acids is 2. The molecule has 2 fully saturated rings. The predicted octanol–water partition coefficient (Wildman–Crippen LogP) is 1.26. The molecule has 0 aromatic carbocycles. The van der Waals surface area contributed by atoms with Crippen molar-refractivity contribution >= 4 is 11.8 Å². The molecule has 1 unspecified atom stereocenters. The molecule has 0 bridgehead atoms. The number of carbonyl (C=O) groups is 2. The van der Waals surface area contributed by atoms with Gasteiger partial charge in [-0.2, -0.15) is 13.2 Å². The van der Waals surface area contributed by atoms with Gasteiger partial charge in [-0.25, -0.2) is 4.98 Å². The van der Waals surface area contributed by atoms with Crippen molar-refractivity contribution in [1.29, 1.82) is 0 Å². The fourth-order valence-corrected chi connectivity index (χ4v) is 3.48. The molecule has 1 aromatic heterocycles. The first-order chi connectivity index (χ1) is 12.3. The van der Waals surface area contributed by atoms with Crippen LogP contribution in [-0.2, 0) is 20.9 Å². The van der Waals surface area contributed by atoms with E-state index in [4.69, 9.17) is 4.74 Å². The number of aromatic nitrogens is 2. The lowest BCUT2D eigenvalue weighted by atomic mass is 9.99. The SMILES string of the molecule is CCn1ccnc1[C@@H]1OCC[C@H]1C(=O)NC1CCN(CC(F)(F)F)C1=O. The Bertz CT molecular complexity index is 676. The monoisotopic (exact) mass is 374 g/mol. The lowest BCUT2D eigenvalue weighted by molar-refractivity contribution is -0.158. The van der Waals surface area contributed by atoms with E-state index in [1.807, 2.05) is 11.5 Å². The van der Waals surface area contributed by atoms with Crippen LogP contribution in [0.2, 0.25) is 0 Å². The Kier molecular flexibility index (Phi) is 5.22. The molecule has 144 valence electrons. The average molecular weight is 374 g/mol. The van der Waals surface area contributed by atoms with Crippen molar-refractivity contribution in [3.05, 3.63) is 18.2 Å². The van der Waals surface area contributed by atoms with Gasteiger partial charge in [0.2, 0.25) is 11.8 Å². The second-order valence-electron chi connectivity index (χ2n) is 6.48. The van der Waals surface area contributed by atoms with Gasteiger partial charge in [0.25, 0.3) is 0 Å². The van der Waals surface area contributed by atoms with E-state index in [2.05, 4.69) is 10.3 Å². The summed E-state index contributed by atoms with van der Waals surface area (Å²) in [6.07, 6.45) is -0.904. The summed E-state index contributed by atoms with van der Waals surface area (Å²) in [5.41, 5.74) is 0. The van der Waals surface area contributed by atoms with Gasteiger partial charge >= 0.3 is 6.18 Å². The smallest absolute Gasteiger partial charge is 0.369 e. The minimum absolute atomic E-state index is 0.0197. The molecule has 2 aliphatic rings. The van der Waals surface area contributed by atoms with Gasteiger partial charge in [-0.05, 0) is 19.8 Å². The molecule has 7 nitrogen and oxygen atoms in total. The van der Waals surface area contributed by atoms with Gasteiger partial charge in [-0.15, -0.1) is 0 Å². The van der Waals surface area contributed by atoms with E-state index >= 15 is 0 Å². The summed E-state index contributed by atoms with van der Waals surface area (Å²) >= 11 is 0. The Morgan fingerprint density at radius 1 is 1.42 bits per heavy atom. The van der Waals surface area contributed by atoms with Crippen LogP contribution in [-0.4, -0.2) is 58.2 Å². The van der Waals surface area contributed by atoms with Crippen LogP contribution < -0.4 is 5.32 Å². The van der Waals surface area contributed by atoms with Crippen molar-refractivity contribution in [3.63, 3.8) is 0 Å². The third kappa shape index (κ3) is 3.84. The van der Waals surface area contributed by atoms with Crippen LogP contribution in [0.1, 0.15) is 31.7 Å². The number of nitrogens with one attached hydrogen (secondary N) is 1. The maximum absolute atomic E-state index is 12.6. The highest BCUT2D eigenvalue weighted by molar-refractivity contribution is 5.90. The Balaban J connectivity index is 1.64. The van der Waals surface area contributed by atoms with Gasteiger partial charge in [0.15, 0.2) is 0 Å². The highest BCUT2D eigenvalue weighted by Gasteiger charge is 2.43. The van der Waals surface area contributed by atoms with Crippen molar-refractivity contribution in [2.24, 2.45) is 5.92 Å². The molecule has 26 heavy (non-hydrogen) atoms. The molecule has 2 amide bonds. The third-order valence-corrected chi connectivity index (χ3v) is 4.76. The molecular formula is C16H21F3N4O3. The summed E-state index contributed by atoms with van der Waals surface area (Å²) in [6, 6.07) is -0.919. The Morgan fingerprint density at radius 2 is 2.19 bits per heavy atom. The van der Waals surface area contributed by atoms with E-state index < -0.39 is 36.7 Å². The number of alkyl halides is 3. The van der Waals surface area contributed by atoms with Gasteiger partial charge in [0.1, 0.15) is 24.5 Å². The zero-order valence-corrected chi connectivity index (χ0v) is 14.3. The fourth-order valence-electron chi connectivity index (χ4n) is 3.48. The number of rotatable bonds is 5. The van der Waals surface area contributed by atoms with Crippen molar-refractivity contribution in [1.82, 2.24) is 19.8 Å². The maximum Gasteiger partial charge on any atom is 0.406 e. The predicted molar refractivity (Wildman–Crippen MR) is 83.9 cm³/mol. The van der Waals surface area contributed by atoms with Crippen molar-refractivity contribution in [2.45, 2.75) is 44.6 Å². The van der Waals surface area contributed by atoms with Crippen LogP contribution in [0.15, 0.2) is 12.4 Å². The summed E-state index contributed by atoms with van der Waals surface area (Å²) in [6.45, 7) is 1.70.